The van der Waals surface area contributed by atoms with E-state index in [0.29, 0.717) is 31.1 Å². The van der Waals surface area contributed by atoms with Crippen LogP contribution in [-0.4, -0.2) is 22.6 Å². The van der Waals surface area contributed by atoms with Gasteiger partial charge >= 0.3 is 0 Å². The number of aromatic nitrogens is 2. The maximum atomic E-state index is 11.7. The van der Waals surface area contributed by atoms with Crippen LogP contribution in [0, 0.1) is 0 Å². The zero-order valence-electron chi connectivity index (χ0n) is 11.8. The number of aryl methyl sites for hydroxylation is 1. The van der Waals surface area contributed by atoms with Crippen molar-refractivity contribution in [1.82, 2.24) is 15.5 Å². The maximum Gasteiger partial charge on any atom is 0.227 e. The van der Waals surface area contributed by atoms with Gasteiger partial charge in [-0.25, -0.2) is 0 Å². The van der Waals surface area contributed by atoms with Gasteiger partial charge < -0.3 is 9.84 Å². The molecule has 108 valence electrons. The molecule has 0 atom stereocenters. The molecular formula is C14H19N3O2S. The fraction of sp³-hybridized carbons (Fsp3) is 0.500. The molecule has 0 spiro atoms. The van der Waals surface area contributed by atoms with Crippen LogP contribution in [0.3, 0.4) is 0 Å². The number of carbonyl (C=O) groups is 1. The highest BCUT2D eigenvalue weighted by Crippen LogP contribution is 2.11. The highest BCUT2D eigenvalue weighted by Gasteiger charge is 2.11. The summed E-state index contributed by atoms with van der Waals surface area (Å²) in [7, 11) is 0. The molecule has 5 nitrogen and oxygen atoms in total. The molecule has 2 rings (SSSR count). The summed E-state index contributed by atoms with van der Waals surface area (Å²) in [6.45, 7) is 4.68. The van der Waals surface area contributed by atoms with Gasteiger partial charge in [0.05, 0.1) is 0 Å². The van der Waals surface area contributed by atoms with Gasteiger partial charge in [0.25, 0.3) is 0 Å². The molecule has 0 saturated heterocycles. The molecule has 0 saturated carbocycles. The third kappa shape index (κ3) is 4.45. The highest BCUT2D eigenvalue weighted by atomic mass is 32.1. The van der Waals surface area contributed by atoms with Gasteiger partial charge in [0, 0.05) is 30.2 Å². The van der Waals surface area contributed by atoms with Gasteiger partial charge in [0.15, 0.2) is 5.82 Å². The van der Waals surface area contributed by atoms with Crippen LogP contribution < -0.4 is 5.32 Å². The summed E-state index contributed by atoms with van der Waals surface area (Å²) < 4.78 is 5.10. The van der Waals surface area contributed by atoms with Crippen molar-refractivity contribution in [3.8, 4) is 0 Å². The predicted octanol–water partition coefficient (Wildman–Crippen LogP) is 2.55. The molecule has 1 N–H and O–H groups in total. The third-order valence-corrected chi connectivity index (χ3v) is 3.78. The maximum absolute atomic E-state index is 11.7. The van der Waals surface area contributed by atoms with Crippen molar-refractivity contribution in [2.75, 3.05) is 6.54 Å². The Labute approximate surface area is 122 Å². The zero-order valence-corrected chi connectivity index (χ0v) is 12.6. The van der Waals surface area contributed by atoms with Crippen LogP contribution in [0.25, 0.3) is 0 Å². The summed E-state index contributed by atoms with van der Waals surface area (Å²) >= 11 is 1.71. The Hall–Kier alpha value is -1.69. The van der Waals surface area contributed by atoms with E-state index in [9.17, 15) is 4.79 Å². The summed E-state index contributed by atoms with van der Waals surface area (Å²) in [6.07, 6.45) is 1.75. The normalized spacial score (nSPS) is 10.9. The smallest absolute Gasteiger partial charge is 0.227 e. The SMILES string of the molecule is CC(C)c1noc(CCC(=O)NCCc2cccs2)n1. The molecule has 2 aromatic heterocycles. The molecule has 0 bridgehead atoms. The van der Waals surface area contributed by atoms with E-state index in [2.05, 4.69) is 21.5 Å². The Morgan fingerprint density at radius 2 is 2.30 bits per heavy atom. The molecular weight excluding hydrogens is 274 g/mol. The highest BCUT2D eigenvalue weighted by molar-refractivity contribution is 7.09. The van der Waals surface area contributed by atoms with Crippen LogP contribution in [0.2, 0.25) is 0 Å². The van der Waals surface area contributed by atoms with E-state index < -0.39 is 0 Å². The van der Waals surface area contributed by atoms with E-state index in [4.69, 9.17) is 4.52 Å². The number of hydrogen-bond acceptors (Lipinski definition) is 5. The first-order chi connectivity index (χ1) is 9.65. The first-order valence-electron chi connectivity index (χ1n) is 6.76. The molecule has 0 aliphatic rings. The predicted molar refractivity (Wildman–Crippen MR) is 77.7 cm³/mol. The minimum Gasteiger partial charge on any atom is -0.356 e. The lowest BCUT2D eigenvalue weighted by atomic mass is 10.2. The summed E-state index contributed by atoms with van der Waals surface area (Å²) in [4.78, 5) is 17.2. The Kier molecular flexibility index (Phi) is 5.29. The number of carbonyl (C=O) groups excluding carboxylic acids is 1. The van der Waals surface area contributed by atoms with Gasteiger partial charge in [-0.2, -0.15) is 4.98 Å². The van der Waals surface area contributed by atoms with E-state index >= 15 is 0 Å². The summed E-state index contributed by atoms with van der Waals surface area (Å²) in [6, 6.07) is 4.09. The minimum atomic E-state index is 0.0193. The second kappa shape index (κ2) is 7.19. The lowest BCUT2D eigenvalue weighted by molar-refractivity contribution is -0.121. The van der Waals surface area contributed by atoms with Gasteiger partial charge in [-0.3, -0.25) is 4.79 Å². The Bertz CT molecular complexity index is 534. The van der Waals surface area contributed by atoms with Crippen LogP contribution in [0.1, 0.15) is 42.8 Å². The van der Waals surface area contributed by atoms with Crippen molar-refractivity contribution in [2.45, 2.75) is 39.0 Å². The molecule has 0 aliphatic carbocycles. The Morgan fingerprint density at radius 3 is 2.95 bits per heavy atom. The monoisotopic (exact) mass is 293 g/mol. The number of nitrogens with one attached hydrogen (secondary N) is 1. The van der Waals surface area contributed by atoms with Crippen LogP contribution in [-0.2, 0) is 17.6 Å². The number of hydrogen-bond donors (Lipinski definition) is 1. The second-order valence-corrected chi connectivity index (χ2v) is 5.91. The number of thiophene rings is 1. The summed E-state index contributed by atoms with van der Waals surface area (Å²) in [5, 5.41) is 8.81. The van der Waals surface area contributed by atoms with Gasteiger partial charge in [-0.1, -0.05) is 25.1 Å². The molecule has 6 heteroatoms. The fourth-order valence-electron chi connectivity index (χ4n) is 1.69. The first-order valence-corrected chi connectivity index (χ1v) is 7.64. The van der Waals surface area contributed by atoms with Crippen molar-refractivity contribution >= 4 is 17.2 Å². The Balaban J connectivity index is 1.66. The molecule has 0 unspecified atom stereocenters. The van der Waals surface area contributed by atoms with Crippen LogP contribution >= 0.6 is 11.3 Å². The van der Waals surface area contributed by atoms with E-state index in [1.807, 2.05) is 25.3 Å². The van der Waals surface area contributed by atoms with Crippen molar-refractivity contribution in [3.05, 3.63) is 34.1 Å². The molecule has 20 heavy (non-hydrogen) atoms. The molecule has 2 heterocycles. The molecule has 0 aliphatic heterocycles. The molecule has 0 aromatic carbocycles. The van der Waals surface area contributed by atoms with Crippen LogP contribution in [0.15, 0.2) is 22.0 Å². The van der Waals surface area contributed by atoms with E-state index in [1.54, 1.807) is 11.3 Å². The minimum absolute atomic E-state index is 0.0193. The number of amides is 1. The van der Waals surface area contributed by atoms with Crippen molar-refractivity contribution < 1.29 is 9.32 Å². The standard InChI is InChI=1S/C14H19N3O2S/c1-10(2)14-16-13(19-17-14)6-5-12(18)15-8-7-11-4-3-9-20-11/h3-4,9-10H,5-8H2,1-2H3,(H,15,18). The largest absolute Gasteiger partial charge is 0.356 e. The third-order valence-electron chi connectivity index (χ3n) is 2.84. The lowest BCUT2D eigenvalue weighted by Crippen LogP contribution is -2.25. The van der Waals surface area contributed by atoms with Crippen LogP contribution in [0.5, 0.6) is 0 Å². The quantitative estimate of drug-likeness (QED) is 0.852. The Morgan fingerprint density at radius 1 is 1.45 bits per heavy atom. The second-order valence-electron chi connectivity index (χ2n) is 4.88. The first kappa shape index (κ1) is 14.7. The molecule has 0 radical (unpaired) electrons. The van der Waals surface area contributed by atoms with Gasteiger partial charge in [0.1, 0.15) is 0 Å². The average molecular weight is 293 g/mol. The van der Waals surface area contributed by atoms with Crippen molar-refractivity contribution in [1.29, 1.82) is 0 Å². The fourth-order valence-corrected chi connectivity index (χ4v) is 2.40. The topological polar surface area (TPSA) is 68.0 Å². The summed E-state index contributed by atoms with van der Waals surface area (Å²) in [5.41, 5.74) is 0. The lowest BCUT2D eigenvalue weighted by Gasteiger charge is -2.02. The van der Waals surface area contributed by atoms with E-state index in [1.165, 1.54) is 4.88 Å². The average Bonchev–Trinajstić information content (AvgIpc) is 3.07. The van der Waals surface area contributed by atoms with Gasteiger partial charge in [-0.15, -0.1) is 11.3 Å². The van der Waals surface area contributed by atoms with Crippen LogP contribution in [0.4, 0.5) is 0 Å². The zero-order chi connectivity index (χ0) is 14.4. The van der Waals surface area contributed by atoms with Crippen molar-refractivity contribution in [2.24, 2.45) is 0 Å². The molecule has 1 amide bonds. The van der Waals surface area contributed by atoms with E-state index in [-0.39, 0.29) is 11.8 Å². The summed E-state index contributed by atoms with van der Waals surface area (Å²) in [5.74, 6) is 1.48. The number of rotatable bonds is 7. The van der Waals surface area contributed by atoms with E-state index in [0.717, 1.165) is 6.42 Å². The molecule has 0 fully saturated rings. The van der Waals surface area contributed by atoms with Crippen molar-refractivity contribution in [3.63, 3.8) is 0 Å². The molecule has 2 aromatic rings. The van der Waals surface area contributed by atoms with Gasteiger partial charge in [0.2, 0.25) is 11.8 Å². The van der Waals surface area contributed by atoms with Gasteiger partial charge in [-0.05, 0) is 17.9 Å². The number of nitrogens with zero attached hydrogens (tertiary/aromatic N) is 2.